The van der Waals surface area contributed by atoms with Crippen molar-refractivity contribution < 1.29 is 13.3 Å². The number of benzene rings is 3. The average Bonchev–Trinajstić information content (AvgIpc) is 3.13. The largest absolute Gasteiger partial charge is 0.323 e. The fourth-order valence-electron chi connectivity index (χ4n) is 4.82. The van der Waals surface area contributed by atoms with Gasteiger partial charge in [0.2, 0.25) is 10.0 Å². The summed E-state index contributed by atoms with van der Waals surface area (Å²) < 4.78 is 27.8. The molecular formula is C24H22N3O2S+. The smallest absolute Gasteiger partial charge is 0.244 e. The van der Waals surface area contributed by atoms with Crippen LogP contribution < -0.4 is 4.90 Å². The van der Waals surface area contributed by atoms with E-state index in [0.717, 1.165) is 13.1 Å². The summed E-state index contributed by atoms with van der Waals surface area (Å²) in [6.07, 6.45) is 0. The van der Waals surface area contributed by atoms with E-state index in [1.165, 1.54) is 37.5 Å². The van der Waals surface area contributed by atoms with E-state index in [4.69, 9.17) is 0 Å². The lowest BCUT2D eigenvalue weighted by Gasteiger charge is -2.35. The van der Waals surface area contributed by atoms with Gasteiger partial charge in [0, 0.05) is 11.1 Å². The van der Waals surface area contributed by atoms with Gasteiger partial charge in [0.05, 0.1) is 36.6 Å². The number of quaternary nitrogens is 1. The van der Waals surface area contributed by atoms with Crippen LogP contribution in [0.3, 0.4) is 0 Å². The van der Waals surface area contributed by atoms with Crippen LogP contribution in [0.5, 0.6) is 0 Å². The van der Waals surface area contributed by atoms with Gasteiger partial charge in [0.1, 0.15) is 12.1 Å². The predicted octanol–water partition coefficient (Wildman–Crippen LogP) is 2.22. The number of nitrogens with one attached hydrogen (secondary N) is 1. The molecule has 1 saturated heterocycles. The minimum Gasteiger partial charge on any atom is -0.323 e. The monoisotopic (exact) mass is 416 g/mol. The van der Waals surface area contributed by atoms with Crippen molar-refractivity contribution in [2.75, 3.05) is 26.2 Å². The fourth-order valence-corrected chi connectivity index (χ4v) is 6.40. The van der Waals surface area contributed by atoms with E-state index in [-0.39, 0.29) is 16.5 Å². The Morgan fingerprint density at radius 3 is 1.97 bits per heavy atom. The Morgan fingerprint density at radius 2 is 1.37 bits per heavy atom. The zero-order valence-corrected chi connectivity index (χ0v) is 17.3. The van der Waals surface area contributed by atoms with Crippen LogP contribution in [-0.2, 0) is 10.0 Å². The van der Waals surface area contributed by atoms with E-state index in [0.29, 0.717) is 13.1 Å². The summed E-state index contributed by atoms with van der Waals surface area (Å²) in [5.41, 5.74) is 5.40. The molecule has 0 bridgehead atoms. The van der Waals surface area contributed by atoms with Crippen LogP contribution in [0.4, 0.5) is 0 Å². The van der Waals surface area contributed by atoms with Gasteiger partial charge in [0.25, 0.3) is 0 Å². The first-order valence-corrected chi connectivity index (χ1v) is 11.6. The van der Waals surface area contributed by atoms with Gasteiger partial charge < -0.3 is 4.90 Å². The molecule has 5 nitrogen and oxygen atoms in total. The van der Waals surface area contributed by atoms with Crippen LogP contribution in [0, 0.1) is 11.3 Å². The van der Waals surface area contributed by atoms with Crippen molar-refractivity contribution in [1.29, 1.82) is 5.26 Å². The third-order valence-electron chi connectivity index (χ3n) is 6.23. The summed E-state index contributed by atoms with van der Waals surface area (Å²) in [4.78, 5) is 1.49. The molecule has 0 spiro atoms. The maximum atomic E-state index is 13.2. The van der Waals surface area contributed by atoms with Crippen molar-refractivity contribution in [2.45, 2.75) is 10.9 Å². The van der Waals surface area contributed by atoms with E-state index < -0.39 is 10.0 Å². The summed E-state index contributed by atoms with van der Waals surface area (Å²) in [6, 6.07) is 25.7. The van der Waals surface area contributed by atoms with Crippen LogP contribution in [0.2, 0.25) is 0 Å². The third kappa shape index (κ3) is 2.94. The highest BCUT2D eigenvalue weighted by Gasteiger charge is 2.39. The highest BCUT2D eigenvalue weighted by molar-refractivity contribution is 7.89. The molecule has 0 aromatic heterocycles. The summed E-state index contributed by atoms with van der Waals surface area (Å²) in [6.45, 7) is 2.33. The molecule has 3 aromatic carbocycles. The average molecular weight is 417 g/mol. The van der Waals surface area contributed by atoms with Crippen LogP contribution in [0.25, 0.3) is 11.1 Å². The van der Waals surface area contributed by atoms with Gasteiger partial charge in [-0.25, -0.2) is 8.42 Å². The lowest BCUT2D eigenvalue weighted by Crippen LogP contribution is -3.15. The Balaban J connectivity index is 1.41. The number of piperazine rings is 1. The van der Waals surface area contributed by atoms with Gasteiger partial charge in [0.15, 0.2) is 0 Å². The van der Waals surface area contributed by atoms with E-state index in [1.54, 1.807) is 18.2 Å². The molecule has 6 heteroatoms. The molecule has 3 aromatic rings. The van der Waals surface area contributed by atoms with Gasteiger partial charge in [-0.2, -0.15) is 9.57 Å². The maximum Gasteiger partial charge on any atom is 0.244 e. The Morgan fingerprint density at radius 1 is 0.833 bits per heavy atom. The first-order chi connectivity index (χ1) is 14.6. The topological polar surface area (TPSA) is 65.6 Å². The quantitative estimate of drug-likeness (QED) is 0.712. The Bertz CT molecular complexity index is 1210. The van der Waals surface area contributed by atoms with Crippen LogP contribution in [0.1, 0.15) is 22.7 Å². The zero-order valence-electron chi connectivity index (χ0n) is 16.5. The molecule has 2 aliphatic rings. The molecule has 1 aliphatic carbocycles. The maximum absolute atomic E-state index is 13.2. The van der Waals surface area contributed by atoms with Gasteiger partial charge >= 0.3 is 0 Å². The molecule has 5 rings (SSSR count). The lowest BCUT2D eigenvalue weighted by atomic mass is 10.0. The van der Waals surface area contributed by atoms with Crippen molar-refractivity contribution >= 4 is 10.0 Å². The second kappa shape index (κ2) is 7.37. The number of hydrogen-bond donors (Lipinski definition) is 1. The first kappa shape index (κ1) is 19.0. The molecule has 1 N–H and O–H groups in total. The van der Waals surface area contributed by atoms with Crippen LogP contribution in [-0.4, -0.2) is 38.9 Å². The van der Waals surface area contributed by atoms with Crippen molar-refractivity contribution in [3.05, 3.63) is 89.5 Å². The van der Waals surface area contributed by atoms with Crippen molar-refractivity contribution in [3.8, 4) is 17.2 Å². The van der Waals surface area contributed by atoms with Crippen LogP contribution >= 0.6 is 0 Å². The molecular weight excluding hydrogens is 394 g/mol. The van der Waals surface area contributed by atoms with Crippen molar-refractivity contribution in [3.63, 3.8) is 0 Å². The normalized spacial score (nSPS) is 17.3. The molecule has 1 fully saturated rings. The Hall–Kier alpha value is -2.98. The molecule has 1 heterocycles. The molecule has 150 valence electrons. The van der Waals surface area contributed by atoms with E-state index >= 15 is 0 Å². The van der Waals surface area contributed by atoms with Gasteiger partial charge in [-0.05, 0) is 23.3 Å². The van der Waals surface area contributed by atoms with Gasteiger partial charge in [-0.15, -0.1) is 0 Å². The van der Waals surface area contributed by atoms with E-state index in [1.807, 2.05) is 6.07 Å². The van der Waals surface area contributed by atoms with E-state index in [9.17, 15) is 13.7 Å². The number of sulfonamides is 1. The molecule has 0 amide bonds. The number of fused-ring (bicyclic) bond motifs is 3. The second-order valence-electron chi connectivity index (χ2n) is 7.78. The minimum absolute atomic E-state index is 0.104. The number of nitriles is 1. The molecule has 30 heavy (non-hydrogen) atoms. The summed E-state index contributed by atoms with van der Waals surface area (Å²) in [5.74, 6) is 0. The highest BCUT2D eigenvalue weighted by Crippen LogP contribution is 2.41. The molecule has 0 unspecified atom stereocenters. The standard InChI is InChI=1S/C24H21N3O2S/c25-17-18-7-1-6-12-23(18)30(28,29)27-15-13-26(14-16-27)24-21-10-4-2-8-19(21)20-9-3-5-11-22(20)24/h1-12,24H,13-16H2/p+1. The predicted molar refractivity (Wildman–Crippen MR) is 114 cm³/mol. The van der Waals surface area contributed by atoms with E-state index in [2.05, 4.69) is 48.5 Å². The van der Waals surface area contributed by atoms with Crippen molar-refractivity contribution in [2.24, 2.45) is 0 Å². The minimum atomic E-state index is -3.68. The Labute approximate surface area is 176 Å². The number of hydrogen-bond acceptors (Lipinski definition) is 3. The first-order valence-electron chi connectivity index (χ1n) is 10.1. The summed E-state index contributed by atoms with van der Waals surface area (Å²) >= 11 is 0. The molecule has 0 radical (unpaired) electrons. The fraction of sp³-hybridized carbons (Fsp3) is 0.208. The highest BCUT2D eigenvalue weighted by atomic mass is 32.2. The number of rotatable bonds is 3. The van der Waals surface area contributed by atoms with Gasteiger partial charge in [-0.3, -0.25) is 0 Å². The molecule has 1 aliphatic heterocycles. The Kier molecular flexibility index (Phi) is 4.67. The number of nitrogens with zero attached hydrogens (tertiary/aromatic N) is 2. The lowest BCUT2D eigenvalue weighted by molar-refractivity contribution is -0.928. The third-order valence-corrected chi connectivity index (χ3v) is 8.19. The molecule has 0 atom stereocenters. The van der Waals surface area contributed by atoms with Crippen molar-refractivity contribution in [1.82, 2.24) is 4.31 Å². The van der Waals surface area contributed by atoms with Gasteiger partial charge in [-0.1, -0.05) is 60.7 Å². The zero-order chi connectivity index (χ0) is 20.7. The molecule has 0 saturated carbocycles. The second-order valence-corrected chi connectivity index (χ2v) is 9.68. The summed E-state index contributed by atoms with van der Waals surface area (Å²) in [5, 5.41) is 9.31. The van der Waals surface area contributed by atoms with Crippen LogP contribution in [0.15, 0.2) is 77.7 Å². The summed E-state index contributed by atoms with van der Waals surface area (Å²) in [7, 11) is -3.68. The SMILES string of the molecule is N#Cc1ccccc1S(=O)(=O)N1CC[NH+](C2c3ccccc3-c3ccccc32)CC1.